The van der Waals surface area contributed by atoms with Crippen molar-refractivity contribution in [2.24, 2.45) is 0 Å². The summed E-state index contributed by atoms with van der Waals surface area (Å²) in [5, 5.41) is 10.4. The highest BCUT2D eigenvalue weighted by Gasteiger charge is 2.27. The molecule has 1 fully saturated rings. The first kappa shape index (κ1) is 12.5. The summed E-state index contributed by atoms with van der Waals surface area (Å²) in [6, 6.07) is 18.7. The van der Waals surface area contributed by atoms with E-state index < -0.39 is 0 Å². The Balaban J connectivity index is 1.90. The highest BCUT2D eigenvalue weighted by molar-refractivity contribution is 5.83. The lowest BCUT2D eigenvalue weighted by atomic mass is 9.99. The molecule has 1 saturated carbocycles. The summed E-state index contributed by atoms with van der Waals surface area (Å²) >= 11 is 0. The van der Waals surface area contributed by atoms with Crippen LogP contribution >= 0.6 is 0 Å². The van der Waals surface area contributed by atoms with Gasteiger partial charge in [0.25, 0.3) is 0 Å². The molecular formula is C19H17NO. The predicted octanol–water partition coefficient (Wildman–Crippen LogP) is 4.27. The predicted molar refractivity (Wildman–Crippen MR) is 85.1 cm³/mol. The lowest BCUT2D eigenvalue weighted by Gasteiger charge is -2.11. The zero-order chi connectivity index (χ0) is 14.2. The van der Waals surface area contributed by atoms with E-state index in [-0.39, 0.29) is 6.61 Å². The quantitative estimate of drug-likeness (QED) is 0.774. The van der Waals surface area contributed by atoms with Crippen LogP contribution in [0.4, 0.5) is 0 Å². The Labute approximate surface area is 124 Å². The first-order valence-electron chi connectivity index (χ1n) is 7.45. The SMILES string of the molecule is OCc1ccc(-c2nc3ccccc3cc2C2CC2)cc1. The number of aliphatic hydroxyl groups excluding tert-OH is 1. The monoisotopic (exact) mass is 275 g/mol. The molecule has 1 aromatic heterocycles. The number of fused-ring (bicyclic) bond motifs is 1. The summed E-state index contributed by atoms with van der Waals surface area (Å²) in [5.41, 5.74) is 5.58. The minimum absolute atomic E-state index is 0.0842. The van der Waals surface area contributed by atoms with E-state index in [1.807, 2.05) is 18.2 Å². The van der Waals surface area contributed by atoms with Gasteiger partial charge in [0, 0.05) is 10.9 Å². The molecule has 1 aliphatic carbocycles. The van der Waals surface area contributed by atoms with Gasteiger partial charge in [0.05, 0.1) is 17.8 Å². The molecule has 2 nitrogen and oxygen atoms in total. The molecule has 0 atom stereocenters. The summed E-state index contributed by atoms with van der Waals surface area (Å²) in [6.07, 6.45) is 2.53. The molecular weight excluding hydrogens is 258 g/mol. The van der Waals surface area contributed by atoms with E-state index in [0.29, 0.717) is 5.92 Å². The summed E-state index contributed by atoms with van der Waals surface area (Å²) < 4.78 is 0. The molecule has 4 rings (SSSR count). The van der Waals surface area contributed by atoms with Crippen LogP contribution in [0.5, 0.6) is 0 Å². The minimum Gasteiger partial charge on any atom is -0.392 e. The number of rotatable bonds is 3. The van der Waals surface area contributed by atoms with E-state index in [2.05, 4.69) is 36.4 Å². The lowest BCUT2D eigenvalue weighted by molar-refractivity contribution is 0.282. The fraction of sp³-hybridized carbons (Fsp3) is 0.211. The van der Waals surface area contributed by atoms with Crippen molar-refractivity contribution >= 4 is 10.9 Å². The second-order valence-electron chi connectivity index (χ2n) is 5.75. The molecule has 0 unspecified atom stereocenters. The van der Waals surface area contributed by atoms with E-state index in [1.54, 1.807) is 0 Å². The third-order valence-electron chi connectivity index (χ3n) is 4.18. The molecule has 104 valence electrons. The number of hydrogen-bond acceptors (Lipinski definition) is 2. The van der Waals surface area contributed by atoms with Gasteiger partial charge in [0.2, 0.25) is 0 Å². The molecule has 0 saturated heterocycles. The average molecular weight is 275 g/mol. The third-order valence-corrected chi connectivity index (χ3v) is 4.18. The Morgan fingerprint density at radius 2 is 1.76 bits per heavy atom. The number of nitrogens with zero attached hydrogens (tertiary/aromatic N) is 1. The van der Waals surface area contributed by atoms with Crippen LogP contribution in [-0.4, -0.2) is 10.1 Å². The van der Waals surface area contributed by atoms with Crippen molar-refractivity contribution in [3.63, 3.8) is 0 Å². The maximum absolute atomic E-state index is 9.18. The Kier molecular flexibility index (Phi) is 2.97. The molecule has 21 heavy (non-hydrogen) atoms. The minimum atomic E-state index is 0.0842. The highest BCUT2D eigenvalue weighted by atomic mass is 16.3. The van der Waals surface area contributed by atoms with Crippen LogP contribution in [0, 0.1) is 0 Å². The zero-order valence-corrected chi connectivity index (χ0v) is 11.8. The first-order valence-corrected chi connectivity index (χ1v) is 7.45. The van der Waals surface area contributed by atoms with Gasteiger partial charge in [0.15, 0.2) is 0 Å². The van der Waals surface area contributed by atoms with Crippen molar-refractivity contribution in [2.75, 3.05) is 0 Å². The molecule has 0 bridgehead atoms. The van der Waals surface area contributed by atoms with Gasteiger partial charge in [-0.25, -0.2) is 4.98 Å². The van der Waals surface area contributed by atoms with Crippen molar-refractivity contribution in [1.29, 1.82) is 0 Å². The Bertz CT molecular complexity index is 788. The maximum Gasteiger partial charge on any atom is 0.0744 e. The molecule has 0 radical (unpaired) electrons. The van der Waals surface area contributed by atoms with Crippen LogP contribution in [0.3, 0.4) is 0 Å². The number of hydrogen-bond donors (Lipinski definition) is 1. The third kappa shape index (κ3) is 2.32. The first-order chi connectivity index (χ1) is 10.3. The Morgan fingerprint density at radius 3 is 2.48 bits per heavy atom. The van der Waals surface area contributed by atoms with Gasteiger partial charge in [-0.2, -0.15) is 0 Å². The molecule has 2 aromatic carbocycles. The van der Waals surface area contributed by atoms with Crippen LogP contribution in [0.1, 0.15) is 29.9 Å². The van der Waals surface area contributed by atoms with E-state index in [4.69, 9.17) is 4.98 Å². The van der Waals surface area contributed by atoms with Gasteiger partial charge in [-0.3, -0.25) is 0 Å². The standard InChI is InChI=1S/C19H17NO/c21-12-13-5-7-15(8-6-13)19-17(14-9-10-14)11-16-3-1-2-4-18(16)20-19/h1-8,11,14,21H,9-10,12H2. The van der Waals surface area contributed by atoms with Gasteiger partial charge < -0.3 is 5.11 Å². The van der Waals surface area contributed by atoms with Gasteiger partial charge in [-0.05, 0) is 42.0 Å². The van der Waals surface area contributed by atoms with Crippen LogP contribution in [0.2, 0.25) is 0 Å². The van der Waals surface area contributed by atoms with Crippen molar-refractivity contribution in [3.05, 3.63) is 65.7 Å². The second-order valence-corrected chi connectivity index (χ2v) is 5.75. The molecule has 0 amide bonds. The van der Waals surface area contributed by atoms with Crippen molar-refractivity contribution < 1.29 is 5.11 Å². The van der Waals surface area contributed by atoms with Gasteiger partial charge in [-0.1, -0.05) is 42.5 Å². The van der Waals surface area contributed by atoms with Crippen molar-refractivity contribution in [2.45, 2.75) is 25.4 Å². The molecule has 1 heterocycles. The largest absolute Gasteiger partial charge is 0.392 e. The summed E-state index contributed by atoms with van der Waals surface area (Å²) in [7, 11) is 0. The van der Waals surface area contributed by atoms with E-state index in [0.717, 1.165) is 22.3 Å². The summed E-state index contributed by atoms with van der Waals surface area (Å²) in [4.78, 5) is 4.90. The topological polar surface area (TPSA) is 33.1 Å². The molecule has 1 aliphatic rings. The molecule has 3 aromatic rings. The Hall–Kier alpha value is -2.19. The fourth-order valence-corrected chi connectivity index (χ4v) is 2.84. The number of para-hydroxylation sites is 1. The Morgan fingerprint density at radius 1 is 1.00 bits per heavy atom. The van der Waals surface area contributed by atoms with Crippen LogP contribution < -0.4 is 0 Å². The number of benzene rings is 2. The van der Waals surface area contributed by atoms with E-state index in [1.165, 1.54) is 23.8 Å². The lowest BCUT2D eigenvalue weighted by Crippen LogP contribution is -1.94. The normalized spacial score (nSPS) is 14.5. The number of aliphatic hydroxyl groups is 1. The van der Waals surface area contributed by atoms with E-state index in [9.17, 15) is 5.11 Å². The second kappa shape index (κ2) is 4.97. The number of aromatic nitrogens is 1. The molecule has 0 aliphatic heterocycles. The van der Waals surface area contributed by atoms with Gasteiger partial charge in [-0.15, -0.1) is 0 Å². The van der Waals surface area contributed by atoms with Gasteiger partial charge >= 0.3 is 0 Å². The zero-order valence-electron chi connectivity index (χ0n) is 11.8. The smallest absolute Gasteiger partial charge is 0.0744 e. The molecule has 2 heteroatoms. The van der Waals surface area contributed by atoms with Crippen LogP contribution in [0.25, 0.3) is 22.2 Å². The number of pyridine rings is 1. The van der Waals surface area contributed by atoms with E-state index >= 15 is 0 Å². The molecule has 0 spiro atoms. The molecule has 1 N–H and O–H groups in total. The maximum atomic E-state index is 9.18. The van der Waals surface area contributed by atoms with Crippen LogP contribution in [0.15, 0.2) is 54.6 Å². The summed E-state index contributed by atoms with van der Waals surface area (Å²) in [6.45, 7) is 0.0842. The summed E-state index contributed by atoms with van der Waals surface area (Å²) in [5.74, 6) is 0.662. The highest BCUT2D eigenvalue weighted by Crippen LogP contribution is 2.44. The van der Waals surface area contributed by atoms with Crippen LogP contribution in [-0.2, 0) is 6.61 Å². The fourth-order valence-electron chi connectivity index (χ4n) is 2.84. The van der Waals surface area contributed by atoms with Crippen molar-refractivity contribution in [3.8, 4) is 11.3 Å². The average Bonchev–Trinajstić information content (AvgIpc) is 3.38. The van der Waals surface area contributed by atoms with Gasteiger partial charge in [0.1, 0.15) is 0 Å². The van der Waals surface area contributed by atoms with Crippen molar-refractivity contribution in [1.82, 2.24) is 4.98 Å².